The van der Waals surface area contributed by atoms with Gasteiger partial charge in [-0.3, -0.25) is 14.9 Å². The van der Waals surface area contributed by atoms with Gasteiger partial charge in [0.2, 0.25) is 0 Å². The van der Waals surface area contributed by atoms with Crippen LogP contribution in [0.3, 0.4) is 0 Å². The van der Waals surface area contributed by atoms with Gasteiger partial charge in [-0.25, -0.2) is 8.42 Å². The monoisotopic (exact) mass is 391 g/mol. The van der Waals surface area contributed by atoms with Crippen LogP contribution in [0.5, 0.6) is 0 Å². The second-order valence-electron chi connectivity index (χ2n) is 6.26. The molecule has 1 aromatic carbocycles. The van der Waals surface area contributed by atoms with Gasteiger partial charge < -0.3 is 10.6 Å². The molecule has 2 atom stereocenters. The van der Waals surface area contributed by atoms with Crippen LogP contribution in [0, 0.1) is 16.0 Å². The van der Waals surface area contributed by atoms with Crippen LogP contribution in [-0.4, -0.2) is 49.5 Å². The van der Waals surface area contributed by atoms with Crippen LogP contribution in [0.4, 0.5) is 5.69 Å². The third kappa shape index (κ3) is 4.90. The molecule has 140 valence electrons. The van der Waals surface area contributed by atoms with Crippen molar-refractivity contribution in [1.82, 2.24) is 4.90 Å². The average Bonchev–Trinajstić information content (AvgIpc) is 2.52. The van der Waals surface area contributed by atoms with Crippen molar-refractivity contribution in [3.8, 4) is 0 Å². The minimum absolute atomic E-state index is 0. The molecule has 0 aliphatic carbocycles. The van der Waals surface area contributed by atoms with E-state index in [1.807, 2.05) is 0 Å². The molecule has 1 heterocycles. The first-order valence-electron chi connectivity index (χ1n) is 7.64. The van der Waals surface area contributed by atoms with Gasteiger partial charge in [-0.15, -0.1) is 12.4 Å². The van der Waals surface area contributed by atoms with Crippen molar-refractivity contribution >= 4 is 33.8 Å². The third-order valence-corrected chi connectivity index (χ3v) is 5.38. The molecule has 25 heavy (non-hydrogen) atoms. The van der Waals surface area contributed by atoms with Crippen molar-refractivity contribution in [1.29, 1.82) is 0 Å². The Morgan fingerprint density at radius 3 is 2.56 bits per heavy atom. The quantitative estimate of drug-likeness (QED) is 0.614. The van der Waals surface area contributed by atoms with Gasteiger partial charge in [-0.2, -0.15) is 0 Å². The third-order valence-electron chi connectivity index (χ3n) is 4.29. The Labute approximate surface area is 152 Å². The summed E-state index contributed by atoms with van der Waals surface area (Å²) in [6, 6.07) is 3.12. The fourth-order valence-electron chi connectivity index (χ4n) is 2.93. The van der Waals surface area contributed by atoms with Crippen molar-refractivity contribution in [3.05, 3.63) is 33.9 Å². The molecule has 1 fully saturated rings. The molecular weight excluding hydrogens is 370 g/mol. The first-order chi connectivity index (χ1) is 11.1. The SMILES string of the molecule is CC1CCN(C(=O)c2cc([N+](=O)[O-])cc(S(C)(=O)=O)c2)C(CN)C1.Cl. The zero-order valence-corrected chi connectivity index (χ0v) is 15.7. The Morgan fingerprint density at radius 1 is 1.40 bits per heavy atom. The Balaban J connectivity index is 0.00000312. The molecule has 1 aromatic rings. The molecule has 0 bridgehead atoms. The van der Waals surface area contributed by atoms with Crippen molar-refractivity contribution in [2.24, 2.45) is 11.7 Å². The number of nitrogens with zero attached hydrogens (tertiary/aromatic N) is 2. The second-order valence-corrected chi connectivity index (χ2v) is 8.28. The van der Waals surface area contributed by atoms with Gasteiger partial charge in [0, 0.05) is 43.1 Å². The van der Waals surface area contributed by atoms with Crippen LogP contribution in [0.2, 0.25) is 0 Å². The first kappa shape index (κ1) is 21.3. The predicted molar refractivity (Wildman–Crippen MR) is 95.7 cm³/mol. The molecule has 2 N–H and O–H groups in total. The van der Waals surface area contributed by atoms with Crippen LogP contribution in [0.15, 0.2) is 23.1 Å². The number of benzene rings is 1. The van der Waals surface area contributed by atoms with Crippen LogP contribution < -0.4 is 5.73 Å². The highest BCUT2D eigenvalue weighted by Gasteiger charge is 2.31. The van der Waals surface area contributed by atoms with Crippen LogP contribution in [0.1, 0.15) is 30.1 Å². The number of halogens is 1. The lowest BCUT2D eigenvalue weighted by Gasteiger charge is -2.38. The number of non-ortho nitro benzene ring substituents is 1. The van der Waals surface area contributed by atoms with E-state index in [-0.39, 0.29) is 28.9 Å². The highest BCUT2D eigenvalue weighted by Crippen LogP contribution is 2.26. The number of carbonyl (C=O) groups is 1. The lowest BCUT2D eigenvalue weighted by Crippen LogP contribution is -2.49. The molecule has 1 amide bonds. The molecule has 1 aliphatic heterocycles. The van der Waals surface area contributed by atoms with Gasteiger partial charge in [0.1, 0.15) is 0 Å². The molecular formula is C15H22ClN3O5S. The van der Waals surface area contributed by atoms with Crippen LogP contribution in [-0.2, 0) is 9.84 Å². The van der Waals surface area contributed by atoms with Gasteiger partial charge in [0.15, 0.2) is 9.84 Å². The number of hydrogen-bond acceptors (Lipinski definition) is 6. The van der Waals surface area contributed by atoms with E-state index < -0.39 is 26.4 Å². The van der Waals surface area contributed by atoms with Crippen LogP contribution >= 0.6 is 12.4 Å². The van der Waals surface area contributed by atoms with Gasteiger partial charge in [0.25, 0.3) is 11.6 Å². The summed E-state index contributed by atoms with van der Waals surface area (Å²) >= 11 is 0. The van der Waals surface area contributed by atoms with Crippen molar-refractivity contribution in [2.45, 2.75) is 30.7 Å². The molecule has 2 rings (SSSR count). The lowest BCUT2D eigenvalue weighted by atomic mass is 9.92. The zero-order valence-electron chi connectivity index (χ0n) is 14.0. The summed E-state index contributed by atoms with van der Waals surface area (Å²) in [6.07, 6.45) is 2.53. The van der Waals surface area contributed by atoms with Crippen molar-refractivity contribution < 1.29 is 18.1 Å². The van der Waals surface area contributed by atoms with Crippen molar-refractivity contribution in [3.63, 3.8) is 0 Å². The van der Waals surface area contributed by atoms with Gasteiger partial charge in [-0.05, 0) is 24.8 Å². The maximum atomic E-state index is 12.8. The van der Waals surface area contributed by atoms with Gasteiger partial charge in [0.05, 0.1) is 9.82 Å². The second kappa shape index (κ2) is 8.11. The Bertz CT molecular complexity index is 768. The molecule has 0 spiro atoms. The Hall–Kier alpha value is -1.71. The number of nitrogens with two attached hydrogens (primary N) is 1. The number of nitro benzene ring substituents is 1. The Kier molecular flexibility index (Phi) is 6.92. The molecule has 0 saturated carbocycles. The number of hydrogen-bond donors (Lipinski definition) is 1. The number of likely N-dealkylation sites (tertiary alicyclic amines) is 1. The largest absolute Gasteiger partial charge is 0.334 e. The fourth-order valence-corrected chi connectivity index (χ4v) is 3.61. The summed E-state index contributed by atoms with van der Waals surface area (Å²) in [7, 11) is -3.67. The minimum Gasteiger partial charge on any atom is -0.334 e. The summed E-state index contributed by atoms with van der Waals surface area (Å²) in [6.45, 7) is 2.88. The van der Waals surface area contributed by atoms with E-state index in [0.29, 0.717) is 19.0 Å². The summed E-state index contributed by atoms with van der Waals surface area (Å²) in [5.74, 6) is 0.0187. The molecule has 0 aromatic heterocycles. The van der Waals surface area contributed by atoms with Crippen LogP contribution in [0.25, 0.3) is 0 Å². The molecule has 8 nitrogen and oxygen atoms in total. The number of carbonyl (C=O) groups excluding carboxylic acids is 1. The number of amides is 1. The van der Waals surface area contributed by atoms with E-state index in [9.17, 15) is 23.3 Å². The fraction of sp³-hybridized carbons (Fsp3) is 0.533. The average molecular weight is 392 g/mol. The van der Waals surface area contributed by atoms with E-state index >= 15 is 0 Å². The number of piperidine rings is 1. The number of sulfone groups is 1. The standard InChI is InChI=1S/C15H21N3O5S.ClH/c1-10-3-4-17(13(5-10)9-16)15(19)11-6-12(18(20)21)8-14(7-11)24(2,22)23;/h6-8,10,13H,3-5,9,16H2,1-2H3;1H. The summed E-state index contributed by atoms with van der Waals surface area (Å²) in [5, 5.41) is 11.1. The van der Waals surface area contributed by atoms with Gasteiger partial charge >= 0.3 is 0 Å². The molecule has 10 heteroatoms. The zero-order chi connectivity index (χ0) is 18.1. The van der Waals surface area contributed by atoms with E-state index in [1.165, 1.54) is 6.07 Å². The number of rotatable bonds is 4. The minimum atomic E-state index is -3.67. The van der Waals surface area contributed by atoms with E-state index in [4.69, 9.17) is 5.73 Å². The predicted octanol–water partition coefficient (Wildman–Crippen LogP) is 1.62. The molecule has 1 aliphatic rings. The molecule has 0 radical (unpaired) electrons. The molecule has 1 saturated heterocycles. The van der Waals surface area contributed by atoms with Crippen molar-refractivity contribution in [2.75, 3.05) is 19.3 Å². The highest BCUT2D eigenvalue weighted by molar-refractivity contribution is 7.90. The van der Waals surface area contributed by atoms with E-state index in [0.717, 1.165) is 31.2 Å². The number of nitro groups is 1. The maximum Gasteiger partial charge on any atom is 0.271 e. The smallest absolute Gasteiger partial charge is 0.271 e. The topological polar surface area (TPSA) is 124 Å². The highest BCUT2D eigenvalue weighted by atomic mass is 35.5. The maximum absolute atomic E-state index is 12.8. The summed E-state index contributed by atoms with van der Waals surface area (Å²) < 4.78 is 23.5. The lowest BCUT2D eigenvalue weighted by molar-refractivity contribution is -0.385. The Morgan fingerprint density at radius 2 is 2.04 bits per heavy atom. The van der Waals surface area contributed by atoms with E-state index in [1.54, 1.807) is 4.90 Å². The van der Waals surface area contributed by atoms with E-state index in [2.05, 4.69) is 6.92 Å². The molecule has 2 unspecified atom stereocenters. The summed E-state index contributed by atoms with van der Waals surface area (Å²) in [5.41, 5.74) is 5.33. The van der Waals surface area contributed by atoms with Gasteiger partial charge in [-0.1, -0.05) is 6.92 Å². The normalized spacial score (nSPS) is 20.7. The summed E-state index contributed by atoms with van der Waals surface area (Å²) in [4.78, 5) is 24.5. The first-order valence-corrected chi connectivity index (χ1v) is 9.53.